The molecule has 0 aliphatic rings. The maximum Gasteiger partial charge on any atom is 0.183 e. The van der Waals surface area contributed by atoms with Gasteiger partial charge in [0, 0.05) is 18.5 Å². The third-order valence-electron chi connectivity index (χ3n) is 1.97. The van der Waals surface area contributed by atoms with Crippen LogP contribution in [-0.4, -0.2) is 24.7 Å². The third kappa shape index (κ3) is 2.97. The van der Waals surface area contributed by atoms with E-state index in [1.807, 2.05) is 13.8 Å². The average molecular weight is 200 g/mol. The van der Waals surface area contributed by atoms with Crippen molar-refractivity contribution in [3.8, 4) is 0 Å². The maximum atomic E-state index is 5.12. The monoisotopic (exact) mass is 200 g/mol. The average Bonchev–Trinajstić information content (AvgIpc) is 2.42. The molecule has 0 amide bonds. The van der Waals surface area contributed by atoms with Crippen LogP contribution in [0.1, 0.15) is 17.5 Å². The van der Waals surface area contributed by atoms with Crippen LogP contribution < -0.4 is 5.32 Å². The van der Waals surface area contributed by atoms with Gasteiger partial charge in [-0.1, -0.05) is 0 Å². The van der Waals surface area contributed by atoms with Crippen LogP contribution in [0.4, 0.5) is 5.13 Å². The Morgan fingerprint density at radius 1 is 1.54 bits per heavy atom. The molecule has 0 saturated heterocycles. The Balaban J connectivity index is 2.45. The van der Waals surface area contributed by atoms with Crippen molar-refractivity contribution in [2.24, 2.45) is 0 Å². The van der Waals surface area contributed by atoms with Gasteiger partial charge in [-0.15, -0.1) is 11.3 Å². The molecule has 0 bridgehead atoms. The Hall–Kier alpha value is -0.610. The molecule has 1 rings (SSSR count). The molecule has 1 N–H and O–H groups in total. The zero-order valence-corrected chi connectivity index (χ0v) is 9.36. The van der Waals surface area contributed by atoms with Crippen LogP contribution in [0.5, 0.6) is 0 Å². The first-order valence-corrected chi connectivity index (χ1v) is 5.16. The van der Waals surface area contributed by atoms with Crippen molar-refractivity contribution in [3.05, 3.63) is 10.6 Å². The summed E-state index contributed by atoms with van der Waals surface area (Å²) in [6.45, 7) is 6.94. The van der Waals surface area contributed by atoms with E-state index in [0.29, 0.717) is 0 Å². The Morgan fingerprint density at radius 2 is 2.23 bits per heavy atom. The Morgan fingerprint density at radius 3 is 2.69 bits per heavy atom. The fourth-order valence-corrected chi connectivity index (χ4v) is 1.68. The lowest BCUT2D eigenvalue weighted by atomic mass is 10.4. The highest BCUT2D eigenvalue weighted by Crippen LogP contribution is 2.20. The number of thiazole rings is 1. The van der Waals surface area contributed by atoms with Gasteiger partial charge in [-0.25, -0.2) is 4.98 Å². The van der Waals surface area contributed by atoms with Crippen molar-refractivity contribution < 1.29 is 4.74 Å². The number of nitrogens with one attached hydrogen (secondary N) is 1. The largest absolute Gasteiger partial charge is 0.380 e. The molecule has 0 aliphatic carbocycles. The first kappa shape index (κ1) is 10.5. The van der Waals surface area contributed by atoms with Gasteiger partial charge >= 0.3 is 0 Å². The Labute approximate surface area is 83.1 Å². The summed E-state index contributed by atoms with van der Waals surface area (Å²) in [6, 6.07) is 0. The van der Waals surface area contributed by atoms with Gasteiger partial charge < -0.3 is 10.1 Å². The van der Waals surface area contributed by atoms with Gasteiger partial charge in [0.1, 0.15) is 0 Å². The molecule has 1 atom stereocenters. The minimum Gasteiger partial charge on any atom is -0.380 e. The summed E-state index contributed by atoms with van der Waals surface area (Å²) >= 11 is 1.69. The molecule has 1 heterocycles. The number of ether oxygens (including phenoxy) is 1. The van der Waals surface area contributed by atoms with Crippen molar-refractivity contribution in [2.45, 2.75) is 26.9 Å². The first-order valence-electron chi connectivity index (χ1n) is 4.34. The van der Waals surface area contributed by atoms with Crippen LogP contribution in [0.25, 0.3) is 0 Å². The number of rotatable bonds is 4. The van der Waals surface area contributed by atoms with Crippen LogP contribution in [0.15, 0.2) is 0 Å². The molecule has 0 radical (unpaired) electrons. The Bertz CT molecular complexity index is 253. The van der Waals surface area contributed by atoms with Crippen molar-refractivity contribution >= 4 is 16.5 Å². The van der Waals surface area contributed by atoms with E-state index in [1.165, 1.54) is 4.88 Å². The molecular formula is C9H16N2OS. The first-order chi connectivity index (χ1) is 6.13. The smallest absolute Gasteiger partial charge is 0.183 e. The highest BCUT2D eigenvalue weighted by atomic mass is 32.1. The number of hydrogen-bond donors (Lipinski definition) is 1. The second-order valence-electron chi connectivity index (χ2n) is 3.09. The van der Waals surface area contributed by atoms with E-state index in [-0.39, 0.29) is 6.10 Å². The van der Waals surface area contributed by atoms with E-state index >= 15 is 0 Å². The fourth-order valence-electron chi connectivity index (χ4n) is 0.863. The minimum atomic E-state index is 0.226. The lowest BCUT2D eigenvalue weighted by Gasteiger charge is -2.08. The molecule has 74 valence electrons. The number of methoxy groups -OCH3 is 1. The summed E-state index contributed by atoms with van der Waals surface area (Å²) in [4.78, 5) is 5.64. The highest BCUT2D eigenvalue weighted by molar-refractivity contribution is 7.15. The molecule has 0 spiro atoms. The van der Waals surface area contributed by atoms with E-state index in [1.54, 1.807) is 18.4 Å². The van der Waals surface area contributed by atoms with Gasteiger partial charge in [0.05, 0.1) is 11.8 Å². The standard InChI is InChI=1S/C9H16N2OS/c1-6(12-4)5-10-9-11-7(2)8(3)13-9/h6H,5H2,1-4H3,(H,10,11). The van der Waals surface area contributed by atoms with Crippen LogP contribution in [0, 0.1) is 13.8 Å². The lowest BCUT2D eigenvalue weighted by molar-refractivity contribution is 0.129. The quantitative estimate of drug-likeness (QED) is 0.809. The number of aryl methyl sites for hydroxylation is 2. The van der Waals surface area contributed by atoms with E-state index in [9.17, 15) is 0 Å². The number of hydrogen-bond acceptors (Lipinski definition) is 4. The van der Waals surface area contributed by atoms with Crippen LogP contribution in [-0.2, 0) is 4.74 Å². The molecule has 3 nitrogen and oxygen atoms in total. The summed E-state index contributed by atoms with van der Waals surface area (Å²) < 4.78 is 5.12. The third-order valence-corrected chi connectivity index (χ3v) is 3.00. The molecule has 0 saturated carbocycles. The predicted octanol–water partition coefficient (Wildman–Crippen LogP) is 2.21. The topological polar surface area (TPSA) is 34.1 Å². The number of anilines is 1. The summed E-state index contributed by atoms with van der Waals surface area (Å²) in [5.74, 6) is 0. The normalized spacial score (nSPS) is 12.9. The molecule has 1 aromatic heterocycles. The molecule has 0 fully saturated rings. The lowest BCUT2D eigenvalue weighted by Crippen LogP contribution is -2.17. The van der Waals surface area contributed by atoms with Crippen LogP contribution in [0.2, 0.25) is 0 Å². The predicted molar refractivity (Wildman–Crippen MR) is 56.5 cm³/mol. The SMILES string of the molecule is COC(C)CNc1nc(C)c(C)s1. The molecular weight excluding hydrogens is 184 g/mol. The second-order valence-corrected chi connectivity index (χ2v) is 4.29. The van der Waals surface area contributed by atoms with Gasteiger partial charge in [-0.05, 0) is 20.8 Å². The fraction of sp³-hybridized carbons (Fsp3) is 0.667. The number of aromatic nitrogens is 1. The summed E-state index contributed by atoms with van der Waals surface area (Å²) in [7, 11) is 1.71. The summed E-state index contributed by atoms with van der Waals surface area (Å²) in [5.41, 5.74) is 1.11. The molecule has 4 heteroatoms. The van der Waals surface area contributed by atoms with Crippen LogP contribution in [0.3, 0.4) is 0 Å². The van der Waals surface area contributed by atoms with Gasteiger partial charge in [0.25, 0.3) is 0 Å². The molecule has 0 aliphatic heterocycles. The maximum absolute atomic E-state index is 5.12. The molecule has 0 aromatic carbocycles. The zero-order chi connectivity index (χ0) is 9.84. The summed E-state index contributed by atoms with van der Waals surface area (Å²) in [5, 5.41) is 4.22. The van der Waals surface area contributed by atoms with Gasteiger partial charge in [-0.3, -0.25) is 0 Å². The number of nitrogens with zero attached hydrogens (tertiary/aromatic N) is 1. The zero-order valence-electron chi connectivity index (χ0n) is 8.55. The van der Waals surface area contributed by atoms with Gasteiger partial charge in [0.2, 0.25) is 0 Å². The highest BCUT2D eigenvalue weighted by Gasteiger charge is 2.04. The van der Waals surface area contributed by atoms with Crippen molar-refractivity contribution in [3.63, 3.8) is 0 Å². The second kappa shape index (κ2) is 4.58. The van der Waals surface area contributed by atoms with Gasteiger partial charge in [-0.2, -0.15) is 0 Å². The van der Waals surface area contributed by atoms with E-state index in [0.717, 1.165) is 17.4 Å². The summed E-state index contributed by atoms with van der Waals surface area (Å²) in [6.07, 6.45) is 0.226. The van der Waals surface area contributed by atoms with E-state index in [2.05, 4.69) is 17.2 Å². The van der Waals surface area contributed by atoms with E-state index < -0.39 is 0 Å². The molecule has 1 unspecified atom stereocenters. The van der Waals surface area contributed by atoms with Gasteiger partial charge in [0.15, 0.2) is 5.13 Å². The van der Waals surface area contributed by atoms with Crippen molar-refractivity contribution in [1.82, 2.24) is 4.98 Å². The van der Waals surface area contributed by atoms with Crippen molar-refractivity contribution in [2.75, 3.05) is 19.0 Å². The Kier molecular flexibility index (Phi) is 3.69. The molecule has 1 aromatic rings. The van der Waals surface area contributed by atoms with Crippen molar-refractivity contribution in [1.29, 1.82) is 0 Å². The van der Waals surface area contributed by atoms with Crippen LogP contribution >= 0.6 is 11.3 Å². The van der Waals surface area contributed by atoms with E-state index in [4.69, 9.17) is 4.74 Å². The molecule has 13 heavy (non-hydrogen) atoms. The minimum absolute atomic E-state index is 0.226.